The van der Waals surface area contributed by atoms with E-state index in [1.165, 1.54) is 11.3 Å². The van der Waals surface area contributed by atoms with Crippen LogP contribution in [0.1, 0.15) is 23.0 Å². The van der Waals surface area contributed by atoms with E-state index in [1.54, 1.807) is 0 Å². The van der Waals surface area contributed by atoms with Crippen molar-refractivity contribution in [2.75, 3.05) is 7.05 Å². The molecule has 0 aromatic carbocycles. The van der Waals surface area contributed by atoms with Crippen molar-refractivity contribution in [2.45, 2.75) is 19.4 Å². The van der Waals surface area contributed by atoms with E-state index in [1.807, 2.05) is 50.2 Å². The predicted octanol–water partition coefficient (Wildman–Crippen LogP) is 2.39. The van der Waals surface area contributed by atoms with Gasteiger partial charge in [-0.25, -0.2) is 0 Å². The summed E-state index contributed by atoms with van der Waals surface area (Å²) in [7, 11) is 3.95. The fourth-order valence-electron chi connectivity index (χ4n) is 2.08. The van der Waals surface area contributed by atoms with Gasteiger partial charge in [0.15, 0.2) is 0 Å². The lowest BCUT2D eigenvalue weighted by atomic mass is 10.0. The zero-order valence-electron chi connectivity index (χ0n) is 10.8. The van der Waals surface area contributed by atoms with Crippen molar-refractivity contribution in [1.82, 2.24) is 20.1 Å². The van der Waals surface area contributed by atoms with E-state index in [-0.39, 0.29) is 6.04 Å². The standard InChI is InChI=1S/C13H17BrN4/c1-9-13(14)12(18(3)17-9)8-11(15-2)10-4-6-16-7-5-10/h4-7,11,15H,8H2,1-3H3. The molecule has 0 saturated heterocycles. The van der Waals surface area contributed by atoms with Crippen molar-refractivity contribution in [1.29, 1.82) is 0 Å². The van der Waals surface area contributed by atoms with Gasteiger partial charge in [0, 0.05) is 31.9 Å². The molecule has 0 aliphatic rings. The lowest BCUT2D eigenvalue weighted by molar-refractivity contribution is 0.559. The van der Waals surface area contributed by atoms with Crippen molar-refractivity contribution < 1.29 is 0 Å². The van der Waals surface area contributed by atoms with Gasteiger partial charge in [0.2, 0.25) is 0 Å². The zero-order valence-corrected chi connectivity index (χ0v) is 12.4. The molecular weight excluding hydrogens is 292 g/mol. The quantitative estimate of drug-likeness (QED) is 0.943. The van der Waals surface area contributed by atoms with Crippen LogP contribution in [0.5, 0.6) is 0 Å². The lowest BCUT2D eigenvalue weighted by Crippen LogP contribution is -2.20. The number of aryl methyl sites for hydroxylation is 2. The summed E-state index contributed by atoms with van der Waals surface area (Å²) in [5.74, 6) is 0. The summed E-state index contributed by atoms with van der Waals surface area (Å²) in [5.41, 5.74) is 3.46. The zero-order chi connectivity index (χ0) is 13.1. The molecule has 0 radical (unpaired) electrons. The molecule has 2 aromatic heterocycles. The summed E-state index contributed by atoms with van der Waals surface area (Å²) in [6.45, 7) is 2.01. The smallest absolute Gasteiger partial charge is 0.0738 e. The second-order valence-electron chi connectivity index (χ2n) is 4.30. The summed E-state index contributed by atoms with van der Waals surface area (Å²) < 4.78 is 3.03. The molecule has 0 amide bonds. The highest BCUT2D eigenvalue weighted by Gasteiger charge is 2.16. The highest BCUT2D eigenvalue weighted by atomic mass is 79.9. The van der Waals surface area contributed by atoms with Crippen LogP contribution in [0.15, 0.2) is 29.0 Å². The van der Waals surface area contributed by atoms with Gasteiger partial charge >= 0.3 is 0 Å². The number of aromatic nitrogens is 3. The second kappa shape index (κ2) is 5.63. The van der Waals surface area contributed by atoms with E-state index in [4.69, 9.17) is 0 Å². The molecular formula is C13H17BrN4. The van der Waals surface area contributed by atoms with Gasteiger partial charge in [-0.05, 0) is 47.6 Å². The van der Waals surface area contributed by atoms with E-state index in [9.17, 15) is 0 Å². The van der Waals surface area contributed by atoms with Gasteiger partial charge in [-0.3, -0.25) is 9.67 Å². The van der Waals surface area contributed by atoms with Gasteiger partial charge in [-0.15, -0.1) is 0 Å². The molecule has 0 aliphatic heterocycles. The third-order valence-corrected chi connectivity index (χ3v) is 4.15. The van der Waals surface area contributed by atoms with E-state index < -0.39 is 0 Å². The van der Waals surface area contributed by atoms with Gasteiger partial charge in [-0.1, -0.05) is 0 Å². The molecule has 0 fully saturated rings. The Morgan fingerprint density at radius 3 is 2.56 bits per heavy atom. The van der Waals surface area contributed by atoms with Gasteiger partial charge < -0.3 is 5.32 Å². The van der Waals surface area contributed by atoms with Crippen LogP contribution in [0.2, 0.25) is 0 Å². The molecule has 2 heterocycles. The average molecular weight is 309 g/mol. The summed E-state index contributed by atoms with van der Waals surface area (Å²) in [6, 6.07) is 4.34. The molecule has 2 aromatic rings. The monoisotopic (exact) mass is 308 g/mol. The molecule has 0 saturated carbocycles. The van der Waals surface area contributed by atoms with Crippen molar-refractivity contribution >= 4 is 15.9 Å². The fraction of sp³-hybridized carbons (Fsp3) is 0.385. The van der Waals surface area contributed by atoms with Gasteiger partial charge in [0.25, 0.3) is 0 Å². The van der Waals surface area contributed by atoms with Crippen molar-refractivity contribution in [3.05, 3.63) is 46.0 Å². The summed E-state index contributed by atoms with van der Waals surface area (Å²) >= 11 is 3.61. The highest BCUT2D eigenvalue weighted by molar-refractivity contribution is 9.10. The molecule has 18 heavy (non-hydrogen) atoms. The van der Waals surface area contributed by atoms with E-state index in [0.29, 0.717) is 0 Å². The van der Waals surface area contributed by atoms with E-state index in [2.05, 4.69) is 31.3 Å². The van der Waals surface area contributed by atoms with Crippen LogP contribution in [-0.4, -0.2) is 21.8 Å². The third-order valence-electron chi connectivity index (χ3n) is 3.12. The Labute approximate surface area is 116 Å². The number of pyridine rings is 1. The molecule has 1 N–H and O–H groups in total. The third kappa shape index (κ3) is 2.62. The summed E-state index contributed by atoms with van der Waals surface area (Å²) in [4.78, 5) is 4.05. The minimum Gasteiger partial charge on any atom is -0.313 e. The normalized spacial score (nSPS) is 12.7. The predicted molar refractivity (Wildman–Crippen MR) is 75.4 cm³/mol. The maximum Gasteiger partial charge on any atom is 0.0738 e. The largest absolute Gasteiger partial charge is 0.313 e. The Bertz CT molecular complexity index is 521. The minimum atomic E-state index is 0.263. The number of hydrogen-bond acceptors (Lipinski definition) is 3. The van der Waals surface area contributed by atoms with Gasteiger partial charge in [-0.2, -0.15) is 5.10 Å². The highest BCUT2D eigenvalue weighted by Crippen LogP contribution is 2.25. The van der Waals surface area contributed by atoms with Crippen molar-refractivity contribution in [3.8, 4) is 0 Å². The first-order chi connectivity index (χ1) is 8.63. The van der Waals surface area contributed by atoms with Gasteiger partial charge in [0.1, 0.15) is 0 Å². The Hall–Kier alpha value is -1.20. The van der Waals surface area contributed by atoms with Crippen LogP contribution in [0.4, 0.5) is 0 Å². The SMILES string of the molecule is CNC(Cc1c(Br)c(C)nn1C)c1ccncc1. The van der Waals surface area contributed by atoms with Crippen LogP contribution in [-0.2, 0) is 13.5 Å². The second-order valence-corrected chi connectivity index (χ2v) is 5.09. The molecule has 0 bridgehead atoms. The number of halogens is 1. The summed E-state index contributed by atoms with van der Waals surface area (Å²) in [6.07, 6.45) is 4.53. The first-order valence-corrected chi connectivity index (χ1v) is 6.68. The van der Waals surface area contributed by atoms with Crippen molar-refractivity contribution in [3.63, 3.8) is 0 Å². The average Bonchev–Trinajstić information content (AvgIpc) is 2.62. The first kappa shape index (κ1) is 13.2. The number of hydrogen-bond donors (Lipinski definition) is 1. The molecule has 5 heteroatoms. The minimum absolute atomic E-state index is 0.263. The Morgan fingerprint density at radius 2 is 2.06 bits per heavy atom. The van der Waals surface area contributed by atoms with Crippen LogP contribution in [0.25, 0.3) is 0 Å². The molecule has 4 nitrogen and oxygen atoms in total. The number of likely N-dealkylation sites (N-methyl/N-ethyl adjacent to an activating group) is 1. The summed E-state index contributed by atoms with van der Waals surface area (Å²) in [5, 5.41) is 7.76. The fourth-order valence-corrected chi connectivity index (χ4v) is 2.58. The maximum atomic E-state index is 4.42. The lowest BCUT2D eigenvalue weighted by Gasteiger charge is -2.16. The van der Waals surface area contributed by atoms with Gasteiger partial charge in [0.05, 0.1) is 15.9 Å². The van der Waals surface area contributed by atoms with Crippen LogP contribution >= 0.6 is 15.9 Å². The number of nitrogens with zero attached hydrogens (tertiary/aromatic N) is 3. The van der Waals surface area contributed by atoms with Crippen LogP contribution in [0, 0.1) is 6.92 Å². The maximum absolute atomic E-state index is 4.42. The number of nitrogens with one attached hydrogen (secondary N) is 1. The van der Waals surface area contributed by atoms with Crippen molar-refractivity contribution in [2.24, 2.45) is 7.05 Å². The first-order valence-electron chi connectivity index (χ1n) is 5.88. The molecule has 0 spiro atoms. The number of rotatable bonds is 4. The molecule has 0 aliphatic carbocycles. The molecule has 2 rings (SSSR count). The molecule has 1 atom stereocenters. The molecule has 96 valence electrons. The Kier molecular flexibility index (Phi) is 4.14. The Balaban J connectivity index is 2.26. The van der Waals surface area contributed by atoms with E-state index in [0.717, 1.165) is 16.6 Å². The Morgan fingerprint density at radius 1 is 1.39 bits per heavy atom. The molecule has 1 unspecified atom stereocenters. The topological polar surface area (TPSA) is 42.7 Å². The van der Waals surface area contributed by atoms with E-state index >= 15 is 0 Å². The van der Waals surface area contributed by atoms with Crippen LogP contribution in [0.3, 0.4) is 0 Å². The van der Waals surface area contributed by atoms with Crippen LogP contribution < -0.4 is 5.32 Å².